The first-order chi connectivity index (χ1) is 6.79. The molecule has 0 unspecified atom stereocenters. The predicted molar refractivity (Wildman–Crippen MR) is 56.4 cm³/mol. The third-order valence-electron chi connectivity index (χ3n) is 1.87. The van der Waals surface area contributed by atoms with Crippen molar-refractivity contribution in [3.63, 3.8) is 0 Å². The number of methoxy groups -OCH3 is 1. The lowest BCUT2D eigenvalue weighted by atomic mass is 10.1. The molecule has 15 heavy (non-hydrogen) atoms. The number of hydrogen-bond acceptors (Lipinski definition) is 2. The van der Waals surface area contributed by atoms with Crippen LogP contribution in [0.1, 0.15) is 32.9 Å². The van der Waals surface area contributed by atoms with E-state index in [1.165, 1.54) is 11.8 Å². The molecule has 1 aromatic rings. The summed E-state index contributed by atoms with van der Waals surface area (Å²) in [6.45, 7) is 5.41. The van der Waals surface area contributed by atoms with Gasteiger partial charge in [0.15, 0.2) is 0 Å². The average Bonchev–Trinajstić information content (AvgIpc) is 2.41. The highest BCUT2D eigenvalue weighted by atomic mass is 79.9. The molecule has 3 nitrogen and oxygen atoms in total. The fourth-order valence-corrected chi connectivity index (χ4v) is 1.80. The Bertz CT molecular complexity index is 358. The fraction of sp³-hybridized carbons (Fsp3) is 0.667. The second-order valence-corrected chi connectivity index (χ2v) is 4.88. The van der Waals surface area contributed by atoms with Crippen molar-refractivity contribution in [1.82, 2.24) is 9.78 Å². The molecule has 0 spiro atoms. The summed E-state index contributed by atoms with van der Waals surface area (Å²) in [6.07, 6.45) is -2.59. The number of alkyl halides is 2. The van der Waals surface area contributed by atoms with Gasteiger partial charge in [0.05, 0.1) is 12.6 Å². The van der Waals surface area contributed by atoms with Crippen LogP contribution in [0.15, 0.2) is 4.47 Å². The molecule has 0 atom stereocenters. The minimum Gasteiger partial charge on any atom is -0.479 e. The average molecular weight is 283 g/mol. The van der Waals surface area contributed by atoms with Crippen molar-refractivity contribution in [2.45, 2.75) is 32.7 Å². The van der Waals surface area contributed by atoms with Gasteiger partial charge in [0.2, 0.25) is 5.88 Å². The molecule has 86 valence electrons. The largest absolute Gasteiger partial charge is 0.479 e. The molecule has 6 heteroatoms. The standard InChI is InChI=1S/C9H13BrF2N2O/c1-9(2,3)14-6(7(11)12)5(10)8(13-14)15-4/h7H,1-4H3. The van der Waals surface area contributed by atoms with Crippen LogP contribution in [-0.4, -0.2) is 16.9 Å². The fourth-order valence-electron chi connectivity index (χ4n) is 1.22. The second-order valence-electron chi connectivity index (χ2n) is 4.09. The Labute approximate surface area is 95.5 Å². The van der Waals surface area contributed by atoms with Gasteiger partial charge in [0, 0.05) is 0 Å². The van der Waals surface area contributed by atoms with E-state index in [4.69, 9.17) is 4.74 Å². The smallest absolute Gasteiger partial charge is 0.281 e. The maximum absolute atomic E-state index is 12.8. The van der Waals surface area contributed by atoms with Crippen LogP contribution in [0, 0.1) is 0 Å². The van der Waals surface area contributed by atoms with E-state index in [1.807, 2.05) is 0 Å². The van der Waals surface area contributed by atoms with Crippen LogP contribution in [0.2, 0.25) is 0 Å². The molecule has 0 N–H and O–H groups in total. The molecule has 0 fully saturated rings. The lowest BCUT2D eigenvalue weighted by Crippen LogP contribution is -2.25. The normalized spacial score (nSPS) is 12.3. The Morgan fingerprint density at radius 1 is 1.40 bits per heavy atom. The Morgan fingerprint density at radius 2 is 1.93 bits per heavy atom. The van der Waals surface area contributed by atoms with Crippen molar-refractivity contribution in [3.8, 4) is 5.88 Å². The van der Waals surface area contributed by atoms with Crippen LogP contribution >= 0.6 is 15.9 Å². The van der Waals surface area contributed by atoms with Crippen LogP contribution in [0.3, 0.4) is 0 Å². The maximum Gasteiger partial charge on any atom is 0.281 e. The zero-order chi connectivity index (χ0) is 11.8. The van der Waals surface area contributed by atoms with E-state index in [0.29, 0.717) is 0 Å². The highest BCUT2D eigenvalue weighted by Gasteiger charge is 2.29. The summed E-state index contributed by atoms with van der Waals surface area (Å²) in [4.78, 5) is 0. The van der Waals surface area contributed by atoms with Crippen molar-refractivity contribution in [1.29, 1.82) is 0 Å². The van der Waals surface area contributed by atoms with Crippen molar-refractivity contribution >= 4 is 15.9 Å². The molecule has 0 aliphatic rings. The van der Waals surface area contributed by atoms with Crippen LogP contribution in [0.5, 0.6) is 5.88 Å². The summed E-state index contributed by atoms with van der Waals surface area (Å²) >= 11 is 3.07. The van der Waals surface area contributed by atoms with Crippen LogP contribution in [-0.2, 0) is 5.54 Å². The van der Waals surface area contributed by atoms with Gasteiger partial charge in [-0.15, -0.1) is 5.10 Å². The number of hydrogen-bond donors (Lipinski definition) is 0. The third kappa shape index (κ3) is 2.30. The van der Waals surface area contributed by atoms with E-state index in [0.717, 1.165) is 0 Å². The minimum absolute atomic E-state index is 0.153. The van der Waals surface area contributed by atoms with E-state index in [9.17, 15) is 8.78 Å². The topological polar surface area (TPSA) is 27.1 Å². The number of nitrogens with zero attached hydrogens (tertiary/aromatic N) is 2. The highest BCUT2D eigenvalue weighted by Crippen LogP contribution is 2.37. The number of aromatic nitrogens is 2. The molecular formula is C9H13BrF2N2O. The van der Waals surface area contributed by atoms with Gasteiger partial charge >= 0.3 is 0 Å². The van der Waals surface area contributed by atoms with E-state index < -0.39 is 12.0 Å². The minimum atomic E-state index is -2.59. The SMILES string of the molecule is COc1nn(C(C)(C)C)c(C(F)F)c1Br. The molecule has 1 rings (SSSR count). The van der Waals surface area contributed by atoms with Gasteiger partial charge in [0.25, 0.3) is 6.43 Å². The quantitative estimate of drug-likeness (QED) is 0.832. The van der Waals surface area contributed by atoms with Gasteiger partial charge in [-0.2, -0.15) is 0 Å². The lowest BCUT2D eigenvalue weighted by molar-refractivity contribution is 0.129. The summed E-state index contributed by atoms with van der Waals surface area (Å²) in [5.74, 6) is 0.181. The molecule has 0 aliphatic heterocycles. The van der Waals surface area contributed by atoms with Crippen molar-refractivity contribution in [2.24, 2.45) is 0 Å². The molecule has 0 aromatic carbocycles. The Balaban J connectivity index is 3.38. The van der Waals surface area contributed by atoms with Gasteiger partial charge in [0.1, 0.15) is 10.2 Å². The predicted octanol–water partition coefficient (Wildman–Crippen LogP) is 3.35. The second kappa shape index (κ2) is 4.08. The van der Waals surface area contributed by atoms with Crippen LogP contribution in [0.4, 0.5) is 8.78 Å². The molecule has 0 saturated heterocycles. The molecule has 0 saturated carbocycles. The summed E-state index contributed by atoms with van der Waals surface area (Å²) < 4.78 is 32.0. The van der Waals surface area contributed by atoms with Gasteiger partial charge in [-0.25, -0.2) is 8.78 Å². The first-order valence-electron chi connectivity index (χ1n) is 4.40. The van der Waals surface area contributed by atoms with Gasteiger partial charge in [-0.05, 0) is 36.7 Å². The monoisotopic (exact) mass is 282 g/mol. The summed E-state index contributed by atoms with van der Waals surface area (Å²) in [5, 5.41) is 3.99. The number of rotatable bonds is 2. The van der Waals surface area contributed by atoms with E-state index in [2.05, 4.69) is 21.0 Å². The maximum atomic E-state index is 12.8. The third-order valence-corrected chi connectivity index (χ3v) is 2.61. The lowest BCUT2D eigenvalue weighted by Gasteiger charge is -2.21. The van der Waals surface area contributed by atoms with Crippen molar-refractivity contribution in [3.05, 3.63) is 10.2 Å². The van der Waals surface area contributed by atoms with Gasteiger partial charge in [-0.3, -0.25) is 4.68 Å². The molecule has 0 radical (unpaired) electrons. The molecular weight excluding hydrogens is 270 g/mol. The first kappa shape index (κ1) is 12.4. The van der Waals surface area contributed by atoms with Crippen LogP contribution in [0.25, 0.3) is 0 Å². The van der Waals surface area contributed by atoms with E-state index >= 15 is 0 Å². The van der Waals surface area contributed by atoms with Crippen molar-refractivity contribution < 1.29 is 13.5 Å². The van der Waals surface area contributed by atoms with E-state index in [1.54, 1.807) is 20.8 Å². The summed E-state index contributed by atoms with van der Waals surface area (Å²) in [7, 11) is 1.40. The highest BCUT2D eigenvalue weighted by molar-refractivity contribution is 9.10. The van der Waals surface area contributed by atoms with Gasteiger partial charge < -0.3 is 4.74 Å². The molecule has 0 amide bonds. The zero-order valence-corrected chi connectivity index (χ0v) is 10.6. The number of ether oxygens (including phenoxy) is 1. The molecule has 1 heterocycles. The number of halogens is 3. The van der Waals surface area contributed by atoms with Gasteiger partial charge in [-0.1, -0.05) is 0 Å². The summed E-state index contributed by atoms with van der Waals surface area (Å²) in [6, 6.07) is 0. The van der Waals surface area contributed by atoms with Crippen molar-refractivity contribution in [2.75, 3.05) is 7.11 Å². The molecule has 0 aliphatic carbocycles. The van der Waals surface area contributed by atoms with Crippen LogP contribution < -0.4 is 4.74 Å². The summed E-state index contributed by atoms with van der Waals surface area (Å²) in [5.41, 5.74) is -0.662. The Morgan fingerprint density at radius 3 is 2.20 bits per heavy atom. The molecule has 0 bridgehead atoms. The zero-order valence-electron chi connectivity index (χ0n) is 9.01. The molecule has 1 aromatic heterocycles. The Hall–Kier alpha value is -0.650. The Kier molecular flexibility index (Phi) is 3.38. The van der Waals surface area contributed by atoms with E-state index in [-0.39, 0.29) is 16.0 Å². The first-order valence-corrected chi connectivity index (χ1v) is 5.19.